The highest BCUT2D eigenvalue weighted by Gasteiger charge is 2.24. The van der Waals surface area contributed by atoms with Gasteiger partial charge in [-0.2, -0.15) is 0 Å². The number of hydrogen-bond donors (Lipinski definition) is 2. The first-order chi connectivity index (χ1) is 12.1. The zero-order chi connectivity index (χ0) is 17.8. The second-order valence-electron chi connectivity index (χ2n) is 5.95. The Balaban J connectivity index is 1.64. The minimum Gasteiger partial charge on any atom is -0.335 e. The predicted octanol–water partition coefficient (Wildman–Crippen LogP) is 2.35. The lowest BCUT2D eigenvalue weighted by Gasteiger charge is -2.09. The lowest BCUT2D eigenvalue weighted by Crippen LogP contribution is -2.41. The van der Waals surface area contributed by atoms with Crippen molar-refractivity contribution in [2.45, 2.75) is 44.4 Å². The Bertz CT molecular complexity index is 785. The molecule has 1 heterocycles. The van der Waals surface area contributed by atoms with Crippen molar-refractivity contribution in [1.82, 2.24) is 25.4 Å². The number of aromatic nitrogens is 3. The molecule has 1 aliphatic rings. The normalized spacial score (nSPS) is 13.5. The summed E-state index contributed by atoms with van der Waals surface area (Å²) >= 11 is 1.27. The summed E-state index contributed by atoms with van der Waals surface area (Å²) in [7, 11) is 0. The van der Waals surface area contributed by atoms with Crippen molar-refractivity contribution in [3.8, 4) is 11.4 Å². The third-order valence-corrected chi connectivity index (χ3v) is 4.88. The van der Waals surface area contributed by atoms with Gasteiger partial charge in [-0.1, -0.05) is 36.0 Å². The van der Waals surface area contributed by atoms with Gasteiger partial charge in [0, 0.05) is 18.2 Å². The van der Waals surface area contributed by atoms with E-state index in [-0.39, 0.29) is 17.7 Å². The molecule has 1 aliphatic carbocycles. The molecule has 0 aliphatic heterocycles. The molecular formula is C17H21N5O2S. The minimum atomic E-state index is -0.425. The van der Waals surface area contributed by atoms with Gasteiger partial charge in [0.25, 0.3) is 0 Å². The molecule has 3 amide bonds. The molecule has 132 valence electrons. The van der Waals surface area contributed by atoms with Crippen LogP contribution in [-0.2, 0) is 11.3 Å². The Morgan fingerprint density at radius 3 is 2.72 bits per heavy atom. The summed E-state index contributed by atoms with van der Waals surface area (Å²) < 4.78 is 1.98. The second-order valence-corrected chi connectivity index (χ2v) is 6.89. The monoisotopic (exact) mass is 359 g/mol. The number of carbonyl (C=O) groups is 2. The van der Waals surface area contributed by atoms with Gasteiger partial charge in [0.2, 0.25) is 5.91 Å². The molecule has 2 N–H and O–H groups in total. The summed E-state index contributed by atoms with van der Waals surface area (Å²) in [5, 5.41) is 14.2. The number of hydrogen-bond acceptors (Lipinski definition) is 5. The number of amides is 3. The van der Waals surface area contributed by atoms with Crippen LogP contribution in [-0.4, -0.2) is 38.5 Å². The van der Waals surface area contributed by atoms with E-state index in [1.54, 1.807) is 0 Å². The van der Waals surface area contributed by atoms with Crippen LogP contribution in [0.3, 0.4) is 0 Å². The van der Waals surface area contributed by atoms with E-state index in [1.807, 2.05) is 42.7 Å². The van der Waals surface area contributed by atoms with Crippen LogP contribution in [0.2, 0.25) is 0 Å². The van der Waals surface area contributed by atoms with Crippen molar-refractivity contribution in [3.05, 3.63) is 29.8 Å². The van der Waals surface area contributed by atoms with Crippen LogP contribution in [0.4, 0.5) is 4.79 Å². The second kappa shape index (κ2) is 7.69. The molecule has 0 unspecified atom stereocenters. The number of thioether (sulfide) groups is 1. The van der Waals surface area contributed by atoms with E-state index in [1.165, 1.54) is 11.8 Å². The molecule has 0 spiro atoms. The maximum atomic E-state index is 11.9. The Kier molecular flexibility index (Phi) is 5.37. The first-order valence-corrected chi connectivity index (χ1v) is 9.29. The molecule has 8 heteroatoms. The molecule has 1 fully saturated rings. The van der Waals surface area contributed by atoms with Gasteiger partial charge >= 0.3 is 6.03 Å². The molecular weight excluding hydrogens is 338 g/mol. The van der Waals surface area contributed by atoms with E-state index >= 15 is 0 Å². The quantitative estimate of drug-likeness (QED) is 0.773. The maximum absolute atomic E-state index is 11.9. The fourth-order valence-electron chi connectivity index (χ4n) is 2.45. The largest absolute Gasteiger partial charge is 0.335 e. The van der Waals surface area contributed by atoms with Crippen LogP contribution >= 0.6 is 11.8 Å². The fourth-order valence-corrected chi connectivity index (χ4v) is 3.25. The molecule has 0 bridgehead atoms. The average Bonchev–Trinajstić information content (AvgIpc) is 3.30. The highest BCUT2D eigenvalue weighted by Crippen LogP contribution is 2.26. The summed E-state index contributed by atoms with van der Waals surface area (Å²) in [4.78, 5) is 23.5. The Hall–Kier alpha value is -2.35. The number of nitrogens with zero attached hydrogens (tertiary/aromatic N) is 3. The lowest BCUT2D eigenvalue weighted by molar-refractivity contribution is -0.117. The first-order valence-electron chi connectivity index (χ1n) is 8.30. The van der Waals surface area contributed by atoms with E-state index in [0.717, 1.165) is 29.8 Å². The number of nitrogens with one attached hydrogen (secondary N) is 2. The third-order valence-electron chi connectivity index (χ3n) is 3.92. The van der Waals surface area contributed by atoms with Crippen LogP contribution in [0.1, 0.15) is 25.3 Å². The average molecular weight is 359 g/mol. The summed E-state index contributed by atoms with van der Waals surface area (Å²) in [6.45, 7) is 4.74. The maximum Gasteiger partial charge on any atom is 0.321 e. The zero-order valence-electron chi connectivity index (χ0n) is 14.3. The van der Waals surface area contributed by atoms with Crippen molar-refractivity contribution in [3.63, 3.8) is 0 Å². The van der Waals surface area contributed by atoms with E-state index in [4.69, 9.17) is 0 Å². The predicted molar refractivity (Wildman–Crippen MR) is 96.3 cm³/mol. The Morgan fingerprint density at radius 1 is 1.28 bits per heavy atom. The SMILES string of the molecule is CCn1c(SCC(=O)NC(=O)NC2CC2)nnc1-c1ccccc1C. The molecule has 25 heavy (non-hydrogen) atoms. The van der Waals surface area contributed by atoms with Crippen molar-refractivity contribution in [2.75, 3.05) is 5.75 Å². The minimum absolute atomic E-state index is 0.115. The van der Waals surface area contributed by atoms with Crippen molar-refractivity contribution in [2.24, 2.45) is 0 Å². The number of benzene rings is 1. The third kappa shape index (κ3) is 4.39. The van der Waals surface area contributed by atoms with Gasteiger partial charge < -0.3 is 9.88 Å². The Labute approximate surface area is 150 Å². The fraction of sp³-hybridized carbons (Fsp3) is 0.412. The van der Waals surface area contributed by atoms with Gasteiger partial charge in [-0.15, -0.1) is 10.2 Å². The molecule has 0 atom stereocenters. The number of rotatable bonds is 6. The molecule has 1 saturated carbocycles. The van der Waals surface area contributed by atoms with Crippen molar-refractivity contribution < 1.29 is 9.59 Å². The molecule has 1 aromatic carbocycles. The summed E-state index contributed by atoms with van der Waals surface area (Å²) in [6, 6.07) is 7.79. The molecule has 0 radical (unpaired) electrons. The number of aryl methyl sites for hydroxylation is 1. The highest BCUT2D eigenvalue weighted by atomic mass is 32.2. The highest BCUT2D eigenvalue weighted by molar-refractivity contribution is 7.99. The van der Waals surface area contributed by atoms with Gasteiger partial charge in [-0.05, 0) is 32.3 Å². The molecule has 7 nitrogen and oxygen atoms in total. The standard InChI is InChI=1S/C17H21N5O2S/c1-3-22-15(13-7-5-4-6-11(13)2)20-21-17(22)25-10-14(23)19-16(24)18-12-8-9-12/h4-7,12H,3,8-10H2,1-2H3,(H2,18,19,23,24). The summed E-state index contributed by atoms with van der Waals surface area (Å²) in [5.74, 6) is 0.561. The molecule has 3 rings (SSSR count). The van der Waals surface area contributed by atoms with Crippen molar-refractivity contribution >= 4 is 23.7 Å². The lowest BCUT2D eigenvalue weighted by atomic mass is 10.1. The Morgan fingerprint density at radius 2 is 2.04 bits per heavy atom. The zero-order valence-corrected chi connectivity index (χ0v) is 15.1. The summed E-state index contributed by atoms with van der Waals surface area (Å²) in [6.07, 6.45) is 1.97. The number of urea groups is 1. The molecule has 1 aromatic heterocycles. The van der Waals surface area contributed by atoms with Crippen molar-refractivity contribution in [1.29, 1.82) is 0 Å². The van der Waals surface area contributed by atoms with E-state index in [0.29, 0.717) is 11.7 Å². The van der Waals surface area contributed by atoms with E-state index < -0.39 is 6.03 Å². The van der Waals surface area contributed by atoms with E-state index in [2.05, 4.69) is 20.8 Å². The summed E-state index contributed by atoms with van der Waals surface area (Å²) in [5.41, 5.74) is 2.15. The van der Waals surface area contributed by atoms with Crippen LogP contribution in [0.5, 0.6) is 0 Å². The molecule has 2 aromatic rings. The number of carbonyl (C=O) groups excluding carboxylic acids is 2. The first kappa shape index (κ1) is 17.5. The van der Waals surface area contributed by atoms with E-state index in [9.17, 15) is 9.59 Å². The smallest absolute Gasteiger partial charge is 0.321 e. The van der Waals surface area contributed by atoms with Gasteiger partial charge in [0.1, 0.15) is 0 Å². The van der Waals surface area contributed by atoms with Crippen LogP contribution in [0.25, 0.3) is 11.4 Å². The molecule has 0 saturated heterocycles. The van der Waals surface area contributed by atoms with Crippen LogP contribution in [0.15, 0.2) is 29.4 Å². The van der Waals surface area contributed by atoms with Crippen LogP contribution < -0.4 is 10.6 Å². The number of imide groups is 1. The van der Waals surface area contributed by atoms with Gasteiger partial charge in [-0.25, -0.2) is 4.79 Å². The topological polar surface area (TPSA) is 88.9 Å². The van der Waals surface area contributed by atoms with Crippen LogP contribution in [0, 0.1) is 6.92 Å². The van der Waals surface area contributed by atoms with Gasteiger partial charge in [0.05, 0.1) is 5.75 Å². The van der Waals surface area contributed by atoms with Gasteiger partial charge in [0.15, 0.2) is 11.0 Å². The van der Waals surface area contributed by atoms with Gasteiger partial charge in [-0.3, -0.25) is 10.1 Å².